The number of halogens is 1. The van der Waals surface area contributed by atoms with E-state index >= 15 is 0 Å². The Balaban J connectivity index is 2.76. The van der Waals surface area contributed by atoms with Crippen molar-refractivity contribution < 1.29 is 23.8 Å². The van der Waals surface area contributed by atoms with Gasteiger partial charge in [-0.15, -0.1) is 0 Å². The molecule has 0 spiro atoms. The molecule has 1 amide bonds. The largest absolute Gasteiger partial charge is 0.467 e. The van der Waals surface area contributed by atoms with Crippen LogP contribution < -0.4 is 5.32 Å². The molecule has 1 rings (SSSR count). The van der Waals surface area contributed by atoms with Crippen LogP contribution in [0.1, 0.15) is 26.3 Å². The number of carbonyl (C=O) groups is 2. The number of carbonyl (C=O) groups excluding carboxylic acids is 2. The first-order chi connectivity index (χ1) is 11.3. The summed E-state index contributed by atoms with van der Waals surface area (Å²) in [5.41, 5.74) is 0.307. The van der Waals surface area contributed by atoms with E-state index in [0.29, 0.717) is 4.43 Å². The lowest BCUT2D eigenvalue weighted by Gasteiger charge is -2.27. The van der Waals surface area contributed by atoms with Crippen LogP contribution in [0.2, 0.25) is 0 Å². The summed E-state index contributed by atoms with van der Waals surface area (Å²) >= 11 is 2.08. The molecule has 1 aromatic rings. The van der Waals surface area contributed by atoms with Gasteiger partial charge in [0.2, 0.25) is 0 Å². The summed E-state index contributed by atoms with van der Waals surface area (Å²) in [5.74, 6) is -0.538. The summed E-state index contributed by atoms with van der Waals surface area (Å²) in [6.45, 7) is 5.56. The first-order valence-electron chi connectivity index (χ1n) is 7.55. The highest BCUT2D eigenvalue weighted by molar-refractivity contribution is 14.1. The Morgan fingerprint density at radius 3 is 2.33 bits per heavy atom. The molecule has 0 fully saturated rings. The number of methoxy groups -OCH3 is 1. The molecule has 1 N–H and O–H groups in total. The van der Waals surface area contributed by atoms with Crippen LogP contribution in [-0.4, -0.2) is 41.3 Å². The van der Waals surface area contributed by atoms with Gasteiger partial charge in [0.25, 0.3) is 0 Å². The molecule has 0 heterocycles. The fourth-order valence-corrected chi connectivity index (χ4v) is 2.56. The van der Waals surface area contributed by atoms with Crippen molar-refractivity contribution in [1.29, 1.82) is 0 Å². The maximum Gasteiger partial charge on any atom is 0.408 e. The van der Waals surface area contributed by atoms with Crippen molar-refractivity contribution in [1.82, 2.24) is 5.32 Å². The molecular formula is C17H24INO5. The number of hydrogen-bond acceptors (Lipinski definition) is 5. The molecule has 0 aliphatic heterocycles. The zero-order valence-electron chi connectivity index (χ0n) is 14.4. The lowest BCUT2D eigenvalue weighted by Crippen LogP contribution is -2.50. The Hall–Kier alpha value is -1.35. The maximum atomic E-state index is 12.1. The molecule has 0 saturated heterocycles. The van der Waals surface area contributed by atoms with Gasteiger partial charge in [-0.3, -0.25) is 0 Å². The number of nitrogens with one attached hydrogen (secondary N) is 1. The van der Waals surface area contributed by atoms with E-state index in [1.54, 1.807) is 20.8 Å². The quantitative estimate of drug-likeness (QED) is 0.394. The molecule has 0 radical (unpaired) electrons. The Kier molecular flexibility index (Phi) is 8.47. The number of rotatable bonds is 7. The highest BCUT2D eigenvalue weighted by atomic mass is 127. The summed E-state index contributed by atoms with van der Waals surface area (Å²) < 4.78 is 16.2. The van der Waals surface area contributed by atoms with E-state index in [9.17, 15) is 9.59 Å². The van der Waals surface area contributed by atoms with E-state index in [-0.39, 0.29) is 6.61 Å². The van der Waals surface area contributed by atoms with Gasteiger partial charge in [-0.25, -0.2) is 9.59 Å². The minimum atomic E-state index is -0.917. The molecule has 24 heavy (non-hydrogen) atoms. The number of alkyl carbamates (subject to hydrolysis) is 1. The van der Waals surface area contributed by atoms with Gasteiger partial charge in [-0.05, 0) is 26.3 Å². The molecule has 0 aromatic heterocycles. The van der Waals surface area contributed by atoms with Crippen molar-refractivity contribution >= 4 is 34.7 Å². The fourth-order valence-electron chi connectivity index (χ4n) is 1.88. The third-order valence-corrected chi connectivity index (χ3v) is 3.89. The van der Waals surface area contributed by atoms with Gasteiger partial charge < -0.3 is 19.5 Å². The third kappa shape index (κ3) is 7.48. The van der Waals surface area contributed by atoms with Crippen molar-refractivity contribution in [3.05, 3.63) is 35.9 Å². The zero-order chi connectivity index (χ0) is 18.2. The Morgan fingerprint density at radius 2 is 1.83 bits per heavy atom. The van der Waals surface area contributed by atoms with Gasteiger partial charge in [0, 0.05) is 4.43 Å². The predicted molar refractivity (Wildman–Crippen MR) is 99.1 cm³/mol. The summed E-state index contributed by atoms with van der Waals surface area (Å²) in [6, 6.07) is 8.92. The predicted octanol–water partition coefficient (Wildman–Crippen LogP) is 3.07. The third-order valence-electron chi connectivity index (χ3n) is 2.94. The fraction of sp³-hybridized carbons (Fsp3) is 0.529. The van der Waals surface area contributed by atoms with E-state index < -0.39 is 29.8 Å². The molecule has 0 aliphatic carbocycles. The van der Waals surface area contributed by atoms with Gasteiger partial charge in [0.1, 0.15) is 5.60 Å². The van der Waals surface area contributed by atoms with Crippen molar-refractivity contribution in [2.75, 3.05) is 11.5 Å². The van der Waals surface area contributed by atoms with Gasteiger partial charge in [-0.2, -0.15) is 0 Å². The van der Waals surface area contributed by atoms with Crippen LogP contribution >= 0.6 is 22.6 Å². The second-order valence-corrected chi connectivity index (χ2v) is 7.03. The minimum absolute atomic E-state index is 0.240. The molecule has 2 atom stereocenters. The molecule has 6 nitrogen and oxygen atoms in total. The highest BCUT2D eigenvalue weighted by Gasteiger charge is 2.32. The second kappa shape index (κ2) is 9.83. The van der Waals surface area contributed by atoms with E-state index in [1.807, 2.05) is 30.3 Å². The van der Waals surface area contributed by atoms with E-state index in [1.165, 1.54) is 7.11 Å². The standard InChI is InChI=1S/C17H24INO5/c1-17(2,3)24-16(21)19-13(10-18)14(15(20)22-4)23-11-12-8-6-5-7-9-12/h5-9,13-14H,10-11H2,1-4H3,(H,19,21). The van der Waals surface area contributed by atoms with Crippen LogP contribution in [0, 0.1) is 0 Å². The SMILES string of the molecule is COC(=O)C(OCc1ccccc1)C(CI)NC(=O)OC(C)(C)C. The molecule has 7 heteroatoms. The van der Waals surface area contributed by atoms with Crippen LogP contribution in [0.5, 0.6) is 0 Å². The van der Waals surface area contributed by atoms with Crippen molar-refractivity contribution in [3.8, 4) is 0 Å². The van der Waals surface area contributed by atoms with Gasteiger partial charge >= 0.3 is 12.1 Å². The number of ether oxygens (including phenoxy) is 3. The van der Waals surface area contributed by atoms with Crippen molar-refractivity contribution in [2.24, 2.45) is 0 Å². The number of amides is 1. The number of esters is 1. The average Bonchev–Trinajstić information content (AvgIpc) is 2.52. The second-order valence-electron chi connectivity index (χ2n) is 6.15. The molecule has 1 aromatic carbocycles. The number of alkyl halides is 1. The molecule has 0 bridgehead atoms. The monoisotopic (exact) mass is 449 g/mol. The Morgan fingerprint density at radius 1 is 1.21 bits per heavy atom. The number of hydrogen-bond donors (Lipinski definition) is 1. The van der Waals surface area contributed by atoms with Crippen LogP contribution in [0.4, 0.5) is 4.79 Å². The lowest BCUT2D eigenvalue weighted by atomic mass is 10.1. The van der Waals surface area contributed by atoms with Crippen LogP contribution in [0.15, 0.2) is 30.3 Å². The molecular weight excluding hydrogens is 425 g/mol. The summed E-state index contributed by atoms with van der Waals surface area (Å²) in [5, 5.41) is 2.68. The normalized spacial score (nSPS) is 13.7. The molecule has 2 unspecified atom stereocenters. The highest BCUT2D eigenvalue weighted by Crippen LogP contribution is 2.12. The first kappa shape index (κ1) is 20.7. The topological polar surface area (TPSA) is 73.9 Å². The number of benzene rings is 1. The van der Waals surface area contributed by atoms with E-state index in [4.69, 9.17) is 14.2 Å². The minimum Gasteiger partial charge on any atom is -0.467 e. The van der Waals surface area contributed by atoms with Gasteiger partial charge in [-0.1, -0.05) is 52.9 Å². The average molecular weight is 449 g/mol. The van der Waals surface area contributed by atoms with E-state index in [2.05, 4.69) is 27.9 Å². The van der Waals surface area contributed by atoms with Gasteiger partial charge in [0.15, 0.2) is 6.10 Å². The molecule has 134 valence electrons. The maximum absolute atomic E-state index is 12.1. The first-order valence-corrected chi connectivity index (χ1v) is 9.08. The van der Waals surface area contributed by atoms with Crippen LogP contribution in [0.3, 0.4) is 0 Å². The summed E-state index contributed by atoms with van der Waals surface area (Å²) in [7, 11) is 1.29. The van der Waals surface area contributed by atoms with Crippen LogP contribution in [-0.2, 0) is 25.6 Å². The summed E-state index contributed by atoms with van der Waals surface area (Å²) in [6.07, 6.45) is -1.51. The van der Waals surface area contributed by atoms with Crippen molar-refractivity contribution in [2.45, 2.75) is 45.1 Å². The Bertz CT molecular complexity index is 530. The van der Waals surface area contributed by atoms with Crippen molar-refractivity contribution in [3.63, 3.8) is 0 Å². The van der Waals surface area contributed by atoms with E-state index in [0.717, 1.165) is 5.56 Å². The van der Waals surface area contributed by atoms with Gasteiger partial charge in [0.05, 0.1) is 19.8 Å². The molecule has 0 aliphatic rings. The lowest BCUT2D eigenvalue weighted by molar-refractivity contribution is -0.156. The summed E-state index contributed by atoms with van der Waals surface area (Å²) in [4.78, 5) is 24.0. The Labute approximate surface area is 156 Å². The smallest absolute Gasteiger partial charge is 0.408 e. The zero-order valence-corrected chi connectivity index (χ0v) is 16.5. The molecule has 0 saturated carbocycles. The van der Waals surface area contributed by atoms with Crippen LogP contribution in [0.25, 0.3) is 0 Å².